The number of aromatic amines is 1. The van der Waals surface area contributed by atoms with Crippen LogP contribution in [-0.4, -0.2) is 60.8 Å². The Bertz CT molecular complexity index is 577. The maximum Gasteiger partial charge on any atom is 0.340 e. The number of rotatable bonds is 5. The first-order valence-electron chi connectivity index (χ1n) is 6.23. The molecule has 1 fully saturated rings. The van der Waals surface area contributed by atoms with Crippen LogP contribution in [0.2, 0.25) is 0 Å². The van der Waals surface area contributed by atoms with Crippen molar-refractivity contribution in [1.82, 2.24) is 14.5 Å². The van der Waals surface area contributed by atoms with Crippen molar-refractivity contribution in [2.45, 2.75) is 17.9 Å². The third kappa shape index (κ3) is 3.00. The first-order valence-corrected chi connectivity index (χ1v) is 7.67. The summed E-state index contributed by atoms with van der Waals surface area (Å²) in [5, 5.41) is 14.4. The monoisotopic (exact) mass is 303 g/mol. The molecule has 0 unspecified atom stereocenters. The zero-order valence-electron chi connectivity index (χ0n) is 11.1. The summed E-state index contributed by atoms with van der Waals surface area (Å²) in [7, 11) is -2.44. The van der Waals surface area contributed by atoms with E-state index < -0.39 is 16.0 Å². The van der Waals surface area contributed by atoms with E-state index in [1.54, 1.807) is 0 Å². The molecule has 1 aliphatic heterocycles. The van der Waals surface area contributed by atoms with E-state index in [0.717, 1.165) is 19.0 Å². The van der Waals surface area contributed by atoms with Gasteiger partial charge in [0.1, 0.15) is 5.56 Å². The second-order valence-corrected chi connectivity index (χ2v) is 6.74. The lowest BCUT2D eigenvalue weighted by atomic mass is 10.0. The van der Waals surface area contributed by atoms with Gasteiger partial charge < -0.3 is 9.84 Å². The van der Waals surface area contributed by atoms with Crippen molar-refractivity contribution in [3.63, 3.8) is 0 Å². The lowest BCUT2D eigenvalue weighted by Crippen LogP contribution is -2.35. The van der Waals surface area contributed by atoms with Gasteiger partial charge in [-0.25, -0.2) is 13.2 Å². The summed E-state index contributed by atoms with van der Waals surface area (Å²) in [6, 6.07) is 0. The summed E-state index contributed by atoms with van der Waals surface area (Å²) in [6.45, 7) is 1.59. The van der Waals surface area contributed by atoms with Crippen LogP contribution in [0, 0.1) is 5.92 Å². The van der Waals surface area contributed by atoms with Gasteiger partial charge in [0.05, 0.1) is 6.20 Å². The highest BCUT2D eigenvalue weighted by molar-refractivity contribution is 7.89. The highest BCUT2D eigenvalue weighted by Crippen LogP contribution is 2.21. The van der Waals surface area contributed by atoms with Gasteiger partial charge >= 0.3 is 5.97 Å². The molecule has 0 spiro atoms. The van der Waals surface area contributed by atoms with Gasteiger partial charge in [0.15, 0.2) is 5.03 Å². The molecule has 0 aromatic carbocycles. The van der Waals surface area contributed by atoms with Crippen LogP contribution in [0.3, 0.4) is 0 Å². The Kier molecular flexibility index (Phi) is 4.41. The third-order valence-electron chi connectivity index (χ3n) is 3.36. The maximum absolute atomic E-state index is 12.4. The highest BCUT2D eigenvalue weighted by atomic mass is 32.2. The number of sulfonamides is 1. The minimum absolute atomic E-state index is 0.222. The average molecular weight is 303 g/mol. The van der Waals surface area contributed by atoms with Gasteiger partial charge in [0.25, 0.3) is 10.0 Å². The number of aromatic nitrogens is 2. The number of H-pyrrole nitrogens is 1. The van der Waals surface area contributed by atoms with Crippen molar-refractivity contribution in [3.8, 4) is 0 Å². The van der Waals surface area contributed by atoms with Crippen molar-refractivity contribution in [2.24, 2.45) is 5.92 Å². The van der Waals surface area contributed by atoms with E-state index in [-0.39, 0.29) is 16.5 Å². The van der Waals surface area contributed by atoms with E-state index in [1.165, 1.54) is 11.4 Å². The van der Waals surface area contributed by atoms with Crippen LogP contribution < -0.4 is 0 Å². The summed E-state index contributed by atoms with van der Waals surface area (Å²) in [4.78, 5) is 11.0. The summed E-state index contributed by atoms with van der Waals surface area (Å²) < 4.78 is 31.1. The molecule has 0 saturated carbocycles. The summed E-state index contributed by atoms with van der Waals surface area (Å²) in [5.74, 6) is -1.10. The smallest absolute Gasteiger partial charge is 0.340 e. The van der Waals surface area contributed by atoms with Gasteiger partial charge in [-0.3, -0.25) is 5.10 Å². The molecule has 2 heterocycles. The summed E-state index contributed by atoms with van der Waals surface area (Å²) in [5.41, 5.74) is -0.344. The van der Waals surface area contributed by atoms with Crippen molar-refractivity contribution < 1.29 is 23.1 Å². The molecule has 9 heteroatoms. The summed E-state index contributed by atoms with van der Waals surface area (Å²) in [6.07, 6.45) is 2.60. The Balaban J connectivity index is 2.16. The molecular weight excluding hydrogens is 286 g/mol. The van der Waals surface area contributed by atoms with Gasteiger partial charge in [0, 0.05) is 26.8 Å². The molecule has 0 atom stereocenters. The minimum Gasteiger partial charge on any atom is -0.478 e. The summed E-state index contributed by atoms with van der Waals surface area (Å²) >= 11 is 0. The third-order valence-corrected chi connectivity index (χ3v) is 5.16. The standard InChI is InChI=1S/C11H17N3O5S/c1-14(7-8-2-4-19-5-3-8)20(17,18)10-9(11(15)16)6-12-13-10/h6,8H,2-5,7H2,1H3,(H,12,13)(H,15,16). The first-order chi connectivity index (χ1) is 9.43. The zero-order chi connectivity index (χ0) is 14.8. The predicted octanol–water partition coefficient (Wildman–Crippen LogP) is 0.155. The van der Waals surface area contributed by atoms with Crippen molar-refractivity contribution in [3.05, 3.63) is 11.8 Å². The van der Waals surface area contributed by atoms with Crippen molar-refractivity contribution in [2.75, 3.05) is 26.8 Å². The number of aromatic carboxylic acids is 1. The molecule has 0 amide bonds. The average Bonchev–Trinajstić information content (AvgIpc) is 2.89. The molecule has 1 saturated heterocycles. The van der Waals surface area contributed by atoms with Gasteiger partial charge in [-0.15, -0.1) is 0 Å². The number of nitrogens with one attached hydrogen (secondary N) is 1. The van der Waals surface area contributed by atoms with Gasteiger partial charge in [-0.05, 0) is 18.8 Å². The van der Waals surface area contributed by atoms with E-state index >= 15 is 0 Å². The Morgan fingerprint density at radius 2 is 2.20 bits per heavy atom. The number of hydrogen-bond donors (Lipinski definition) is 2. The molecule has 8 nitrogen and oxygen atoms in total. The van der Waals surface area contributed by atoms with Crippen molar-refractivity contribution in [1.29, 1.82) is 0 Å². The van der Waals surface area contributed by atoms with E-state index in [9.17, 15) is 13.2 Å². The van der Waals surface area contributed by atoms with E-state index in [2.05, 4.69) is 10.2 Å². The van der Waals surface area contributed by atoms with Crippen LogP contribution >= 0.6 is 0 Å². The van der Waals surface area contributed by atoms with E-state index in [1.807, 2.05) is 0 Å². The Morgan fingerprint density at radius 3 is 2.80 bits per heavy atom. The number of carboxylic acids is 1. The molecule has 1 aliphatic rings. The van der Waals surface area contributed by atoms with Crippen LogP contribution in [0.4, 0.5) is 0 Å². The number of nitrogens with zero attached hydrogens (tertiary/aromatic N) is 2. The molecule has 1 aromatic rings. The Labute approximate surface area is 116 Å². The largest absolute Gasteiger partial charge is 0.478 e. The van der Waals surface area contributed by atoms with Crippen LogP contribution in [0.5, 0.6) is 0 Å². The molecule has 112 valence electrons. The molecule has 0 aliphatic carbocycles. The topological polar surface area (TPSA) is 113 Å². The lowest BCUT2D eigenvalue weighted by molar-refractivity contribution is 0.0620. The van der Waals surface area contributed by atoms with Crippen LogP contribution in [0.25, 0.3) is 0 Å². The molecule has 2 N–H and O–H groups in total. The fraction of sp³-hybridized carbons (Fsp3) is 0.636. The Hall–Kier alpha value is -1.45. The molecule has 0 radical (unpaired) electrons. The van der Waals surface area contributed by atoms with Gasteiger partial charge in [0.2, 0.25) is 0 Å². The quantitative estimate of drug-likeness (QED) is 0.801. The lowest BCUT2D eigenvalue weighted by Gasteiger charge is -2.26. The second kappa shape index (κ2) is 5.90. The highest BCUT2D eigenvalue weighted by Gasteiger charge is 2.30. The second-order valence-electron chi connectivity index (χ2n) is 4.76. The predicted molar refractivity (Wildman–Crippen MR) is 68.9 cm³/mol. The maximum atomic E-state index is 12.4. The Morgan fingerprint density at radius 1 is 1.55 bits per heavy atom. The van der Waals surface area contributed by atoms with Crippen LogP contribution in [0.1, 0.15) is 23.2 Å². The van der Waals surface area contributed by atoms with Crippen molar-refractivity contribution >= 4 is 16.0 Å². The van der Waals surface area contributed by atoms with E-state index in [4.69, 9.17) is 9.84 Å². The van der Waals surface area contributed by atoms with Gasteiger partial charge in [-0.2, -0.15) is 9.40 Å². The van der Waals surface area contributed by atoms with Gasteiger partial charge in [-0.1, -0.05) is 0 Å². The molecule has 1 aromatic heterocycles. The van der Waals surface area contributed by atoms with Crippen LogP contribution in [-0.2, 0) is 14.8 Å². The fourth-order valence-corrected chi connectivity index (χ4v) is 3.47. The number of carbonyl (C=O) groups is 1. The molecular formula is C11H17N3O5S. The normalized spacial score (nSPS) is 17.5. The molecule has 2 rings (SSSR count). The number of hydrogen-bond acceptors (Lipinski definition) is 5. The van der Waals surface area contributed by atoms with Crippen LogP contribution in [0.15, 0.2) is 11.2 Å². The minimum atomic E-state index is -3.88. The SMILES string of the molecule is CN(CC1CCOCC1)S(=O)(=O)c1[nH]ncc1C(=O)O. The molecule has 20 heavy (non-hydrogen) atoms. The number of ether oxygens (including phenoxy) is 1. The zero-order valence-corrected chi connectivity index (χ0v) is 11.9. The molecule has 0 bridgehead atoms. The fourth-order valence-electron chi connectivity index (χ4n) is 2.17. The first kappa shape index (κ1) is 14.9. The number of carboxylic acid groups (broad SMARTS) is 1. The van der Waals surface area contributed by atoms with E-state index in [0.29, 0.717) is 19.8 Å².